The molecular formula is C14H15NO5. The van der Waals surface area contributed by atoms with Crippen LogP contribution in [0.15, 0.2) is 29.0 Å². The first-order chi connectivity index (χ1) is 9.72. The summed E-state index contributed by atoms with van der Waals surface area (Å²) in [6, 6.07) is 5.28. The maximum absolute atomic E-state index is 11.8. The van der Waals surface area contributed by atoms with E-state index in [-0.39, 0.29) is 12.3 Å². The highest BCUT2D eigenvalue weighted by Gasteiger charge is 2.23. The van der Waals surface area contributed by atoms with Crippen LogP contribution in [-0.4, -0.2) is 31.8 Å². The van der Waals surface area contributed by atoms with Crippen LogP contribution in [0.3, 0.4) is 0 Å². The average molecular weight is 277 g/mol. The van der Waals surface area contributed by atoms with Crippen LogP contribution in [-0.2, 0) is 4.74 Å². The van der Waals surface area contributed by atoms with E-state index in [0.29, 0.717) is 22.8 Å². The average Bonchev–Trinajstić information content (AvgIpc) is 2.95. The lowest BCUT2D eigenvalue weighted by atomic mass is 10.1. The van der Waals surface area contributed by atoms with Crippen molar-refractivity contribution in [1.29, 1.82) is 0 Å². The van der Waals surface area contributed by atoms with E-state index in [1.54, 1.807) is 25.1 Å². The number of esters is 1. The Labute approximate surface area is 116 Å². The fourth-order valence-corrected chi connectivity index (χ4v) is 1.85. The van der Waals surface area contributed by atoms with Crippen LogP contribution in [0.5, 0.6) is 11.5 Å². The molecule has 1 aromatic carbocycles. The molecule has 0 N–H and O–H groups in total. The van der Waals surface area contributed by atoms with Crippen LogP contribution in [0.25, 0.3) is 11.3 Å². The molecule has 0 aliphatic carbocycles. The van der Waals surface area contributed by atoms with E-state index >= 15 is 0 Å². The fourth-order valence-electron chi connectivity index (χ4n) is 1.85. The highest BCUT2D eigenvalue weighted by molar-refractivity contribution is 5.94. The highest BCUT2D eigenvalue weighted by Crippen LogP contribution is 2.39. The predicted molar refractivity (Wildman–Crippen MR) is 71.0 cm³/mol. The number of nitrogens with zero attached hydrogens (tertiary/aromatic N) is 1. The van der Waals surface area contributed by atoms with Gasteiger partial charge in [-0.05, 0) is 19.1 Å². The van der Waals surface area contributed by atoms with E-state index in [2.05, 4.69) is 4.98 Å². The van der Waals surface area contributed by atoms with Crippen LogP contribution in [0.1, 0.15) is 17.4 Å². The van der Waals surface area contributed by atoms with Crippen molar-refractivity contribution in [2.24, 2.45) is 0 Å². The normalized spacial score (nSPS) is 10.2. The SMILES string of the molecule is CCOC(=O)c1ncoc1-c1cccc(OC)c1OC. The van der Waals surface area contributed by atoms with E-state index in [9.17, 15) is 4.79 Å². The largest absolute Gasteiger partial charge is 0.493 e. The third-order valence-electron chi connectivity index (χ3n) is 2.68. The third-order valence-corrected chi connectivity index (χ3v) is 2.68. The molecule has 20 heavy (non-hydrogen) atoms. The first kappa shape index (κ1) is 13.9. The number of oxazole rings is 1. The van der Waals surface area contributed by atoms with E-state index in [0.717, 1.165) is 0 Å². The molecule has 0 aliphatic rings. The summed E-state index contributed by atoms with van der Waals surface area (Å²) in [6.07, 6.45) is 1.19. The molecule has 0 radical (unpaired) electrons. The number of ether oxygens (including phenoxy) is 3. The summed E-state index contributed by atoms with van der Waals surface area (Å²) < 4.78 is 20.8. The van der Waals surface area contributed by atoms with Gasteiger partial charge in [0, 0.05) is 0 Å². The molecule has 0 spiro atoms. The molecule has 0 bridgehead atoms. The van der Waals surface area contributed by atoms with Gasteiger partial charge in [-0.15, -0.1) is 0 Å². The number of carbonyl (C=O) groups excluding carboxylic acids is 1. The van der Waals surface area contributed by atoms with E-state index in [1.165, 1.54) is 20.6 Å². The van der Waals surface area contributed by atoms with Crippen molar-refractivity contribution in [3.8, 4) is 22.8 Å². The number of benzene rings is 1. The Morgan fingerprint density at radius 1 is 1.30 bits per heavy atom. The molecule has 0 unspecified atom stereocenters. The van der Waals surface area contributed by atoms with Gasteiger partial charge in [0.25, 0.3) is 0 Å². The summed E-state index contributed by atoms with van der Waals surface area (Å²) in [6.45, 7) is 1.99. The second kappa shape index (κ2) is 6.10. The van der Waals surface area contributed by atoms with Crippen LogP contribution in [0, 0.1) is 0 Å². The molecule has 2 rings (SSSR count). The maximum atomic E-state index is 11.8. The number of rotatable bonds is 5. The monoisotopic (exact) mass is 277 g/mol. The summed E-state index contributed by atoms with van der Waals surface area (Å²) in [5.74, 6) is 0.758. The molecule has 0 fully saturated rings. The van der Waals surface area contributed by atoms with E-state index in [1.807, 2.05) is 0 Å². The van der Waals surface area contributed by atoms with E-state index in [4.69, 9.17) is 18.6 Å². The lowest BCUT2D eigenvalue weighted by Crippen LogP contribution is -2.06. The van der Waals surface area contributed by atoms with Crippen LogP contribution in [0.4, 0.5) is 0 Å². The number of carbonyl (C=O) groups is 1. The minimum absolute atomic E-state index is 0.110. The van der Waals surface area contributed by atoms with Gasteiger partial charge in [0.2, 0.25) is 0 Å². The first-order valence-electron chi connectivity index (χ1n) is 6.04. The van der Waals surface area contributed by atoms with Gasteiger partial charge >= 0.3 is 5.97 Å². The van der Waals surface area contributed by atoms with Crippen LogP contribution < -0.4 is 9.47 Å². The molecule has 1 heterocycles. The van der Waals surface area contributed by atoms with Crippen molar-refractivity contribution in [1.82, 2.24) is 4.98 Å². The zero-order chi connectivity index (χ0) is 14.5. The molecule has 6 heteroatoms. The number of hydrogen-bond acceptors (Lipinski definition) is 6. The summed E-state index contributed by atoms with van der Waals surface area (Å²) >= 11 is 0. The van der Waals surface area contributed by atoms with Gasteiger partial charge in [-0.3, -0.25) is 0 Å². The fraction of sp³-hybridized carbons (Fsp3) is 0.286. The Hall–Kier alpha value is -2.50. The van der Waals surface area contributed by atoms with E-state index < -0.39 is 5.97 Å². The minimum Gasteiger partial charge on any atom is -0.493 e. The number of methoxy groups -OCH3 is 2. The molecule has 0 atom stereocenters. The van der Waals surface area contributed by atoms with Gasteiger partial charge in [-0.1, -0.05) is 6.07 Å². The summed E-state index contributed by atoms with van der Waals surface area (Å²) in [5.41, 5.74) is 0.686. The molecule has 0 saturated heterocycles. The Bertz CT molecular complexity index is 605. The third kappa shape index (κ3) is 2.45. The smallest absolute Gasteiger partial charge is 0.360 e. The Balaban J connectivity index is 2.52. The number of aromatic nitrogens is 1. The second-order valence-electron chi connectivity index (χ2n) is 3.79. The quantitative estimate of drug-likeness (QED) is 0.782. The highest BCUT2D eigenvalue weighted by atomic mass is 16.5. The molecule has 106 valence electrons. The summed E-state index contributed by atoms with van der Waals surface area (Å²) in [5, 5.41) is 0. The van der Waals surface area contributed by atoms with Gasteiger partial charge < -0.3 is 18.6 Å². The standard InChI is InChI=1S/C14H15NO5/c1-4-19-14(16)11-13(20-8-15-11)9-6-5-7-10(17-2)12(9)18-3/h5-8H,4H2,1-3H3. The topological polar surface area (TPSA) is 70.8 Å². The Morgan fingerprint density at radius 3 is 2.75 bits per heavy atom. The number of hydrogen-bond donors (Lipinski definition) is 0. The Kier molecular flexibility index (Phi) is 4.24. The van der Waals surface area contributed by atoms with Crippen LogP contribution in [0.2, 0.25) is 0 Å². The molecule has 1 aromatic heterocycles. The van der Waals surface area contributed by atoms with Crippen molar-refractivity contribution in [2.75, 3.05) is 20.8 Å². The van der Waals surface area contributed by atoms with Crippen molar-refractivity contribution in [3.05, 3.63) is 30.3 Å². The van der Waals surface area contributed by atoms with Gasteiger partial charge in [-0.25, -0.2) is 9.78 Å². The Morgan fingerprint density at radius 2 is 2.10 bits per heavy atom. The zero-order valence-electron chi connectivity index (χ0n) is 11.5. The second-order valence-corrected chi connectivity index (χ2v) is 3.79. The zero-order valence-corrected chi connectivity index (χ0v) is 11.5. The molecule has 0 amide bonds. The predicted octanol–water partition coefficient (Wildman–Crippen LogP) is 2.54. The van der Waals surface area contributed by atoms with Gasteiger partial charge in [0.15, 0.2) is 29.3 Å². The maximum Gasteiger partial charge on any atom is 0.360 e. The van der Waals surface area contributed by atoms with Crippen molar-refractivity contribution >= 4 is 5.97 Å². The van der Waals surface area contributed by atoms with Crippen LogP contribution >= 0.6 is 0 Å². The summed E-state index contributed by atoms with van der Waals surface area (Å²) in [7, 11) is 3.05. The molecule has 2 aromatic rings. The summed E-state index contributed by atoms with van der Waals surface area (Å²) in [4.78, 5) is 15.7. The molecular weight excluding hydrogens is 262 g/mol. The van der Waals surface area contributed by atoms with Gasteiger partial charge in [0.1, 0.15) is 0 Å². The van der Waals surface area contributed by atoms with Crippen molar-refractivity contribution in [2.45, 2.75) is 6.92 Å². The lowest BCUT2D eigenvalue weighted by molar-refractivity contribution is 0.0520. The molecule has 0 aliphatic heterocycles. The van der Waals surface area contributed by atoms with Crippen molar-refractivity contribution < 1.29 is 23.4 Å². The minimum atomic E-state index is -0.541. The van der Waals surface area contributed by atoms with Gasteiger partial charge in [-0.2, -0.15) is 0 Å². The number of para-hydroxylation sites is 1. The molecule has 6 nitrogen and oxygen atoms in total. The lowest BCUT2D eigenvalue weighted by Gasteiger charge is -2.11. The molecule has 0 saturated carbocycles. The van der Waals surface area contributed by atoms with Gasteiger partial charge in [0.05, 0.1) is 26.4 Å². The van der Waals surface area contributed by atoms with Crippen molar-refractivity contribution in [3.63, 3.8) is 0 Å². The first-order valence-corrected chi connectivity index (χ1v) is 6.04.